The van der Waals surface area contributed by atoms with Crippen molar-refractivity contribution >= 4 is 19.0 Å². The molecule has 2 aliphatic carbocycles. The first kappa shape index (κ1) is 42.6. The summed E-state index contributed by atoms with van der Waals surface area (Å²) in [6.45, 7) is 25.4. The quantitative estimate of drug-likeness (QED) is 0.120. The molecule has 0 aromatic heterocycles. The first-order valence-corrected chi connectivity index (χ1v) is 36.3. The fraction of sp³-hybridized carbons (Fsp3) is 0.310. The van der Waals surface area contributed by atoms with E-state index in [0.717, 1.165) is 25.7 Å². The van der Waals surface area contributed by atoms with Crippen LogP contribution in [0.15, 0.2) is 108 Å². The predicted molar refractivity (Wildman–Crippen MR) is 264 cm³/mol. The molecule has 0 nitrogen and oxygen atoms in total. The third-order valence-corrected chi connectivity index (χ3v) is 31.1. The summed E-state index contributed by atoms with van der Waals surface area (Å²) in [4.78, 5) is 0. The molecule has 0 aliphatic heterocycles. The van der Waals surface area contributed by atoms with Gasteiger partial charge in [0, 0.05) is 0 Å². The molecule has 306 valence electrons. The Labute approximate surface area is 364 Å². The SMILES string of the molecule is CCCC1=Cc2c(-c3cc(C)cc(C)c3)ccc(-c3cc(C)cc(C)c3)c2[CH]1[Zr]([CH3])([CH3])(=[SiH2])[CH]1C(CCC)=Cc2c(-c3cc(C)cc(C)c3)ccc(-c3cc(C)cc(C)c3)c21. The molecule has 2 atom stereocenters. The van der Waals surface area contributed by atoms with Crippen molar-refractivity contribution in [2.24, 2.45) is 0 Å². The number of aryl methyl sites for hydroxylation is 8. The van der Waals surface area contributed by atoms with Gasteiger partial charge in [0.05, 0.1) is 0 Å². The van der Waals surface area contributed by atoms with Crippen LogP contribution in [-0.2, 0) is 17.4 Å². The van der Waals surface area contributed by atoms with Crippen molar-refractivity contribution in [1.82, 2.24) is 0 Å². The summed E-state index contributed by atoms with van der Waals surface area (Å²) in [7, 11) is 0. The summed E-state index contributed by atoms with van der Waals surface area (Å²) in [5, 5.41) is 0. The van der Waals surface area contributed by atoms with E-state index in [1.54, 1.807) is 22.3 Å². The zero-order chi connectivity index (χ0) is 42.9. The number of fused-ring (bicyclic) bond motifs is 2. The number of allylic oxidation sites excluding steroid dienone is 2. The minimum atomic E-state index is -4.18. The average Bonchev–Trinajstić information content (AvgIpc) is 3.73. The molecule has 60 heavy (non-hydrogen) atoms. The van der Waals surface area contributed by atoms with Gasteiger partial charge in [-0.3, -0.25) is 0 Å². The molecule has 0 heterocycles. The zero-order valence-electron chi connectivity index (χ0n) is 38.6. The molecule has 6 aromatic rings. The van der Waals surface area contributed by atoms with Crippen molar-refractivity contribution in [3.63, 3.8) is 0 Å². The fourth-order valence-corrected chi connectivity index (χ4v) is 31.6. The third kappa shape index (κ3) is 7.71. The van der Waals surface area contributed by atoms with Crippen LogP contribution in [0.25, 0.3) is 56.7 Å². The predicted octanol–water partition coefficient (Wildman–Crippen LogP) is 16.3. The molecule has 2 heteroatoms. The van der Waals surface area contributed by atoms with Gasteiger partial charge in [-0.15, -0.1) is 0 Å². The Morgan fingerprint density at radius 1 is 0.400 bits per heavy atom. The van der Waals surface area contributed by atoms with Crippen LogP contribution >= 0.6 is 0 Å². The number of benzene rings is 6. The summed E-state index contributed by atoms with van der Waals surface area (Å²) in [6.07, 6.45) is 9.94. The van der Waals surface area contributed by atoms with Gasteiger partial charge in [-0.25, -0.2) is 0 Å². The fourth-order valence-electron chi connectivity index (χ4n) is 12.0. The maximum atomic E-state index is 2.87. The van der Waals surface area contributed by atoms with Gasteiger partial charge < -0.3 is 0 Å². The normalized spacial score (nSPS) is 16.1. The van der Waals surface area contributed by atoms with Gasteiger partial charge in [0.25, 0.3) is 0 Å². The topological polar surface area (TPSA) is 0 Å². The molecule has 0 fully saturated rings. The molecule has 0 saturated heterocycles. The molecule has 0 spiro atoms. The van der Waals surface area contributed by atoms with Crippen molar-refractivity contribution in [3.05, 3.63) is 175 Å². The first-order chi connectivity index (χ1) is 28.4. The second-order valence-corrected chi connectivity index (χ2v) is 50.7. The van der Waals surface area contributed by atoms with E-state index >= 15 is 0 Å². The Kier molecular flexibility index (Phi) is 11.3. The molecule has 6 aromatic carbocycles. The van der Waals surface area contributed by atoms with Crippen molar-refractivity contribution in [3.8, 4) is 44.5 Å². The Hall–Kier alpha value is -4.10. The molecule has 2 unspecified atom stereocenters. The second-order valence-electron chi connectivity index (χ2n) is 20.2. The molecule has 8 rings (SSSR count). The maximum absolute atomic E-state index is 4.18. The summed E-state index contributed by atoms with van der Waals surface area (Å²) in [6, 6.07) is 38.7. The van der Waals surface area contributed by atoms with Crippen LogP contribution in [-0.4, -0.2) is 6.88 Å². The molecule has 2 aliphatic rings. The standard InChI is InChI=1S/2C28H29.2CH3.H2Si.Zr/c2*1-6-7-22-16-27-25(23-12-18(2)10-19(3)13-23)8-9-26(28(27)17-22)24-14-20(4)11-21(5)15-24;;;;/h2*8-17H,6-7H2,1-5H3;2*1H3;1H2;. The van der Waals surface area contributed by atoms with Crippen LogP contribution in [0.3, 0.4) is 0 Å². The monoisotopic (exact) mass is 880 g/mol. The Bertz CT molecular complexity index is 2580. The summed E-state index contributed by atoms with van der Waals surface area (Å²) >= 11 is -4.18. The van der Waals surface area contributed by atoms with Gasteiger partial charge in [0.2, 0.25) is 0 Å². The minimum absolute atomic E-state index is 0.398. The molecule has 0 amide bonds. The third-order valence-electron chi connectivity index (χ3n) is 13.7. The van der Waals surface area contributed by atoms with Crippen LogP contribution < -0.4 is 0 Å². The molecule has 0 bridgehead atoms. The van der Waals surface area contributed by atoms with E-state index in [1.165, 1.54) is 100 Å². The van der Waals surface area contributed by atoms with Crippen LogP contribution in [0.2, 0.25) is 9.26 Å². The van der Waals surface area contributed by atoms with Crippen LogP contribution in [0, 0.1) is 55.4 Å². The van der Waals surface area contributed by atoms with Gasteiger partial charge in [-0.2, -0.15) is 0 Å². The number of hydrogen-bond donors (Lipinski definition) is 0. The van der Waals surface area contributed by atoms with Crippen LogP contribution in [0.1, 0.15) is 114 Å². The van der Waals surface area contributed by atoms with Gasteiger partial charge in [0.15, 0.2) is 0 Å². The Morgan fingerprint density at radius 3 is 0.917 bits per heavy atom. The first-order valence-electron chi connectivity index (χ1n) is 22.6. The van der Waals surface area contributed by atoms with Crippen LogP contribution in [0.4, 0.5) is 0 Å². The van der Waals surface area contributed by atoms with E-state index in [2.05, 4.69) is 195 Å². The number of rotatable bonds is 10. The van der Waals surface area contributed by atoms with E-state index in [0.29, 0.717) is 7.25 Å². The molecular weight excluding hydrogens is 816 g/mol. The summed E-state index contributed by atoms with van der Waals surface area (Å²) in [5.41, 5.74) is 31.2. The molecule has 0 N–H and O–H groups in total. The Balaban J connectivity index is 1.47. The Morgan fingerprint density at radius 2 is 0.650 bits per heavy atom. The van der Waals surface area contributed by atoms with E-state index in [9.17, 15) is 0 Å². The van der Waals surface area contributed by atoms with E-state index < -0.39 is 17.4 Å². The molecular formula is C58H66SiZr. The van der Waals surface area contributed by atoms with E-state index in [4.69, 9.17) is 0 Å². The van der Waals surface area contributed by atoms with E-state index in [-0.39, 0.29) is 0 Å². The summed E-state index contributed by atoms with van der Waals surface area (Å²) in [5.74, 6) is 0. The second kappa shape index (κ2) is 16.0. The van der Waals surface area contributed by atoms with Crippen LogP contribution in [0.5, 0.6) is 0 Å². The zero-order valence-corrected chi connectivity index (χ0v) is 42.5. The van der Waals surface area contributed by atoms with Crippen molar-refractivity contribution in [2.45, 2.75) is 111 Å². The van der Waals surface area contributed by atoms with Gasteiger partial charge in [-0.1, -0.05) is 0 Å². The summed E-state index contributed by atoms with van der Waals surface area (Å²) < 4.78 is 6.54. The van der Waals surface area contributed by atoms with E-state index in [1.807, 2.05) is 0 Å². The van der Waals surface area contributed by atoms with Crippen molar-refractivity contribution < 1.29 is 17.4 Å². The van der Waals surface area contributed by atoms with Crippen molar-refractivity contribution in [1.29, 1.82) is 0 Å². The van der Waals surface area contributed by atoms with Gasteiger partial charge in [0.1, 0.15) is 0 Å². The molecule has 0 saturated carbocycles. The van der Waals surface area contributed by atoms with Gasteiger partial charge >= 0.3 is 367 Å². The van der Waals surface area contributed by atoms with Gasteiger partial charge in [-0.05, 0) is 0 Å². The molecule has 0 radical (unpaired) electrons. The average molecular weight is 882 g/mol. The number of hydrogen-bond acceptors (Lipinski definition) is 0. The van der Waals surface area contributed by atoms with Crippen molar-refractivity contribution in [2.75, 3.05) is 0 Å².